The van der Waals surface area contributed by atoms with E-state index in [2.05, 4.69) is 5.32 Å². The van der Waals surface area contributed by atoms with Crippen molar-refractivity contribution in [1.29, 1.82) is 0 Å². The Hall–Kier alpha value is -0.0800. The first-order valence-electron chi connectivity index (χ1n) is 5.79. The van der Waals surface area contributed by atoms with Crippen molar-refractivity contribution in [2.45, 2.75) is 57.0 Å². The molecule has 0 aromatic rings. The molecule has 0 radical (unpaired) electrons. The molecule has 2 fully saturated rings. The van der Waals surface area contributed by atoms with Gasteiger partial charge in [-0.25, -0.2) is 0 Å². The van der Waals surface area contributed by atoms with Gasteiger partial charge in [-0.15, -0.1) is 0 Å². The maximum absolute atomic E-state index is 5.46. The molecule has 0 aromatic carbocycles. The van der Waals surface area contributed by atoms with E-state index in [4.69, 9.17) is 4.74 Å². The van der Waals surface area contributed by atoms with Crippen LogP contribution in [-0.4, -0.2) is 25.3 Å². The van der Waals surface area contributed by atoms with Crippen molar-refractivity contribution in [1.82, 2.24) is 5.32 Å². The zero-order chi connectivity index (χ0) is 8.93. The standard InChI is InChI=1S/C11H21NO/c1-2-5-10(6-3-1)12-11-7-4-8-13-9-11/h10-12H,1-9H2. The van der Waals surface area contributed by atoms with Crippen LogP contribution in [0.15, 0.2) is 0 Å². The number of nitrogens with one attached hydrogen (secondary N) is 1. The molecule has 2 nitrogen and oxygen atoms in total. The molecule has 1 saturated carbocycles. The van der Waals surface area contributed by atoms with Crippen molar-refractivity contribution >= 4 is 0 Å². The van der Waals surface area contributed by atoms with Crippen LogP contribution in [-0.2, 0) is 4.74 Å². The third kappa shape index (κ3) is 2.96. The number of hydrogen-bond acceptors (Lipinski definition) is 2. The van der Waals surface area contributed by atoms with Crippen molar-refractivity contribution in [3.63, 3.8) is 0 Å². The van der Waals surface area contributed by atoms with Crippen molar-refractivity contribution in [2.24, 2.45) is 0 Å². The Balaban J connectivity index is 1.69. The molecule has 2 heteroatoms. The minimum Gasteiger partial charge on any atom is -0.380 e. The lowest BCUT2D eigenvalue weighted by atomic mass is 9.94. The van der Waals surface area contributed by atoms with E-state index >= 15 is 0 Å². The second-order valence-electron chi connectivity index (χ2n) is 4.42. The maximum atomic E-state index is 5.46. The summed E-state index contributed by atoms with van der Waals surface area (Å²) in [6, 6.07) is 1.44. The van der Waals surface area contributed by atoms with Crippen molar-refractivity contribution < 1.29 is 4.74 Å². The molecule has 0 aromatic heterocycles. The fourth-order valence-corrected chi connectivity index (χ4v) is 2.47. The average molecular weight is 183 g/mol. The summed E-state index contributed by atoms with van der Waals surface area (Å²) in [5.74, 6) is 0. The highest BCUT2D eigenvalue weighted by Crippen LogP contribution is 2.19. The summed E-state index contributed by atoms with van der Waals surface area (Å²) >= 11 is 0. The monoisotopic (exact) mass is 183 g/mol. The van der Waals surface area contributed by atoms with Gasteiger partial charge in [0.25, 0.3) is 0 Å². The van der Waals surface area contributed by atoms with Gasteiger partial charge in [0.05, 0.1) is 6.61 Å². The fourth-order valence-electron chi connectivity index (χ4n) is 2.47. The van der Waals surface area contributed by atoms with Gasteiger partial charge in [-0.3, -0.25) is 0 Å². The van der Waals surface area contributed by atoms with Crippen LogP contribution in [0.5, 0.6) is 0 Å². The van der Waals surface area contributed by atoms with Gasteiger partial charge >= 0.3 is 0 Å². The molecule has 1 aliphatic heterocycles. The van der Waals surface area contributed by atoms with E-state index in [-0.39, 0.29) is 0 Å². The molecule has 0 spiro atoms. The van der Waals surface area contributed by atoms with E-state index in [1.807, 2.05) is 0 Å². The Morgan fingerprint density at radius 2 is 1.62 bits per heavy atom. The average Bonchev–Trinajstić information content (AvgIpc) is 2.21. The predicted molar refractivity (Wildman–Crippen MR) is 53.8 cm³/mol. The summed E-state index contributed by atoms with van der Waals surface area (Å²) in [4.78, 5) is 0. The highest BCUT2D eigenvalue weighted by molar-refractivity contribution is 4.78. The third-order valence-electron chi connectivity index (χ3n) is 3.24. The van der Waals surface area contributed by atoms with Crippen LogP contribution < -0.4 is 5.32 Å². The first-order chi connectivity index (χ1) is 6.45. The van der Waals surface area contributed by atoms with Gasteiger partial charge in [-0.1, -0.05) is 19.3 Å². The Labute approximate surface area is 81.0 Å². The van der Waals surface area contributed by atoms with E-state index in [1.165, 1.54) is 44.9 Å². The molecular formula is C11H21NO. The van der Waals surface area contributed by atoms with E-state index in [1.54, 1.807) is 0 Å². The normalized spacial score (nSPS) is 31.8. The molecule has 2 rings (SSSR count). The van der Waals surface area contributed by atoms with Gasteiger partial charge in [-0.05, 0) is 25.7 Å². The van der Waals surface area contributed by atoms with E-state index < -0.39 is 0 Å². The van der Waals surface area contributed by atoms with Crippen molar-refractivity contribution in [2.75, 3.05) is 13.2 Å². The number of ether oxygens (including phenoxy) is 1. The number of rotatable bonds is 2. The summed E-state index contributed by atoms with van der Waals surface area (Å²) in [7, 11) is 0. The Morgan fingerprint density at radius 1 is 0.846 bits per heavy atom. The summed E-state index contributed by atoms with van der Waals surface area (Å²) < 4.78 is 5.46. The van der Waals surface area contributed by atoms with Crippen LogP contribution in [0.25, 0.3) is 0 Å². The second-order valence-corrected chi connectivity index (χ2v) is 4.42. The van der Waals surface area contributed by atoms with Crippen LogP contribution in [0.2, 0.25) is 0 Å². The quantitative estimate of drug-likeness (QED) is 0.707. The highest BCUT2D eigenvalue weighted by atomic mass is 16.5. The van der Waals surface area contributed by atoms with Gasteiger partial charge in [0, 0.05) is 18.7 Å². The molecule has 1 unspecified atom stereocenters. The zero-order valence-electron chi connectivity index (χ0n) is 8.43. The zero-order valence-corrected chi connectivity index (χ0v) is 8.43. The van der Waals surface area contributed by atoms with Crippen molar-refractivity contribution in [3.05, 3.63) is 0 Å². The SMILES string of the molecule is C1CCC(NC2CCCOC2)CC1. The number of hydrogen-bond donors (Lipinski definition) is 1. The molecule has 0 amide bonds. The van der Waals surface area contributed by atoms with Gasteiger partial charge in [0.1, 0.15) is 0 Å². The van der Waals surface area contributed by atoms with E-state index in [9.17, 15) is 0 Å². The van der Waals surface area contributed by atoms with E-state index in [0.29, 0.717) is 6.04 Å². The topological polar surface area (TPSA) is 21.3 Å². The molecule has 0 bridgehead atoms. The summed E-state index contributed by atoms with van der Waals surface area (Å²) in [5.41, 5.74) is 0. The van der Waals surface area contributed by atoms with Crippen LogP contribution in [0.4, 0.5) is 0 Å². The molecule has 1 aliphatic carbocycles. The summed E-state index contributed by atoms with van der Waals surface area (Å²) in [5, 5.41) is 3.73. The van der Waals surface area contributed by atoms with Gasteiger partial charge in [-0.2, -0.15) is 0 Å². The van der Waals surface area contributed by atoms with Crippen LogP contribution in [0.1, 0.15) is 44.9 Å². The molecule has 13 heavy (non-hydrogen) atoms. The van der Waals surface area contributed by atoms with Crippen LogP contribution in [0, 0.1) is 0 Å². The Bertz CT molecular complexity index is 121. The molecule has 76 valence electrons. The first kappa shape index (κ1) is 9.47. The highest BCUT2D eigenvalue weighted by Gasteiger charge is 2.19. The molecule has 2 aliphatic rings. The first-order valence-corrected chi connectivity index (χ1v) is 5.79. The smallest absolute Gasteiger partial charge is 0.0619 e. The van der Waals surface area contributed by atoms with Crippen LogP contribution in [0.3, 0.4) is 0 Å². The lowest BCUT2D eigenvalue weighted by Crippen LogP contribution is -2.43. The Morgan fingerprint density at radius 3 is 2.31 bits per heavy atom. The largest absolute Gasteiger partial charge is 0.380 e. The molecule has 1 N–H and O–H groups in total. The molecule has 1 saturated heterocycles. The van der Waals surface area contributed by atoms with Crippen LogP contribution >= 0.6 is 0 Å². The third-order valence-corrected chi connectivity index (χ3v) is 3.24. The van der Waals surface area contributed by atoms with Gasteiger partial charge in [0.2, 0.25) is 0 Å². The van der Waals surface area contributed by atoms with Crippen molar-refractivity contribution in [3.8, 4) is 0 Å². The predicted octanol–water partition coefficient (Wildman–Crippen LogP) is 2.09. The molecule has 1 heterocycles. The minimum atomic E-state index is 0.650. The summed E-state index contributed by atoms with van der Waals surface area (Å²) in [6.07, 6.45) is 9.61. The fraction of sp³-hybridized carbons (Fsp3) is 1.00. The summed E-state index contributed by atoms with van der Waals surface area (Å²) in [6.45, 7) is 1.92. The van der Waals surface area contributed by atoms with Gasteiger partial charge in [0.15, 0.2) is 0 Å². The minimum absolute atomic E-state index is 0.650. The second kappa shape index (κ2) is 4.97. The molecular weight excluding hydrogens is 162 g/mol. The lowest BCUT2D eigenvalue weighted by molar-refractivity contribution is 0.0643. The van der Waals surface area contributed by atoms with E-state index in [0.717, 1.165) is 19.3 Å². The van der Waals surface area contributed by atoms with Gasteiger partial charge < -0.3 is 10.1 Å². The lowest BCUT2D eigenvalue weighted by Gasteiger charge is -2.30. The molecule has 1 atom stereocenters. The maximum Gasteiger partial charge on any atom is 0.0619 e. The Kier molecular flexibility index (Phi) is 3.62.